The summed E-state index contributed by atoms with van der Waals surface area (Å²) in [5.74, 6) is 1.89. The minimum absolute atomic E-state index is 0.0403. The Kier molecular flexibility index (Phi) is 3.67. The second-order valence-corrected chi connectivity index (χ2v) is 5.60. The first kappa shape index (κ1) is 14.4. The highest BCUT2D eigenvalue weighted by atomic mass is 16.5. The minimum atomic E-state index is -0.0403. The van der Waals surface area contributed by atoms with E-state index in [-0.39, 0.29) is 5.92 Å². The molecule has 1 aromatic heterocycles. The number of anilines is 1. The van der Waals surface area contributed by atoms with E-state index in [0.29, 0.717) is 18.2 Å². The molecule has 1 unspecified atom stereocenters. The van der Waals surface area contributed by atoms with Crippen LogP contribution in [-0.4, -0.2) is 16.2 Å². The van der Waals surface area contributed by atoms with E-state index in [0.717, 1.165) is 22.4 Å². The molecule has 0 spiro atoms. The van der Waals surface area contributed by atoms with Gasteiger partial charge >= 0.3 is 0 Å². The molecule has 0 saturated carbocycles. The first-order valence-electron chi connectivity index (χ1n) is 7.72. The lowest BCUT2D eigenvalue weighted by Crippen LogP contribution is -2.05. The van der Waals surface area contributed by atoms with E-state index in [1.165, 1.54) is 6.33 Å². The summed E-state index contributed by atoms with van der Waals surface area (Å²) in [6.07, 6.45) is 3.29. The lowest BCUT2D eigenvalue weighted by molar-refractivity contribution is 0.306. The SMILES string of the molecule is Nc1ncnc2c1C(c1cccc(OCc3ccccc3)c1)C=N2. The molecule has 24 heavy (non-hydrogen) atoms. The second-order valence-electron chi connectivity index (χ2n) is 5.60. The zero-order chi connectivity index (χ0) is 16.4. The molecular formula is C19H16N4O. The summed E-state index contributed by atoms with van der Waals surface area (Å²) in [5, 5.41) is 0. The van der Waals surface area contributed by atoms with Gasteiger partial charge in [-0.25, -0.2) is 15.0 Å². The fourth-order valence-electron chi connectivity index (χ4n) is 2.81. The third-order valence-corrected chi connectivity index (χ3v) is 4.02. The molecule has 5 nitrogen and oxygen atoms in total. The van der Waals surface area contributed by atoms with Gasteiger partial charge in [-0.05, 0) is 23.3 Å². The van der Waals surface area contributed by atoms with Gasteiger partial charge < -0.3 is 10.5 Å². The molecule has 0 saturated heterocycles. The van der Waals surface area contributed by atoms with Gasteiger partial charge in [-0.15, -0.1) is 0 Å². The van der Waals surface area contributed by atoms with E-state index in [1.807, 2.05) is 60.8 Å². The number of ether oxygens (including phenoxy) is 1. The molecule has 1 atom stereocenters. The number of benzene rings is 2. The van der Waals surface area contributed by atoms with Gasteiger partial charge in [-0.1, -0.05) is 42.5 Å². The van der Waals surface area contributed by atoms with Gasteiger partial charge in [-0.2, -0.15) is 0 Å². The van der Waals surface area contributed by atoms with Gasteiger partial charge in [0.25, 0.3) is 0 Å². The van der Waals surface area contributed by atoms with E-state index in [1.54, 1.807) is 0 Å². The Morgan fingerprint density at radius 1 is 1.00 bits per heavy atom. The number of nitrogens with zero attached hydrogens (tertiary/aromatic N) is 3. The number of hydrogen-bond acceptors (Lipinski definition) is 5. The molecular weight excluding hydrogens is 300 g/mol. The Bertz CT molecular complexity index is 893. The largest absolute Gasteiger partial charge is 0.489 e. The average Bonchev–Trinajstić information content (AvgIpc) is 3.07. The quantitative estimate of drug-likeness (QED) is 0.799. The Hall–Kier alpha value is -3.21. The maximum absolute atomic E-state index is 6.01. The predicted octanol–water partition coefficient (Wildman–Crippen LogP) is 3.49. The molecule has 118 valence electrons. The van der Waals surface area contributed by atoms with Crippen LogP contribution in [0.1, 0.15) is 22.6 Å². The monoisotopic (exact) mass is 316 g/mol. The Labute approximate surface area is 139 Å². The lowest BCUT2D eigenvalue weighted by Gasteiger charge is -2.13. The smallest absolute Gasteiger partial charge is 0.161 e. The molecule has 4 rings (SSSR count). The normalized spacial score (nSPS) is 15.2. The predicted molar refractivity (Wildman–Crippen MR) is 93.7 cm³/mol. The van der Waals surface area contributed by atoms with Crippen molar-refractivity contribution in [2.45, 2.75) is 12.5 Å². The van der Waals surface area contributed by atoms with Crippen molar-refractivity contribution >= 4 is 17.9 Å². The lowest BCUT2D eigenvalue weighted by atomic mass is 9.94. The van der Waals surface area contributed by atoms with Crippen LogP contribution in [0.15, 0.2) is 65.9 Å². The molecule has 5 heteroatoms. The summed E-state index contributed by atoms with van der Waals surface area (Å²) in [6, 6.07) is 18.1. The number of fused-ring (bicyclic) bond motifs is 1. The molecule has 2 aromatic carbocycles. The maximum atomic E-state index is 6.01. The molecule has 2 heterocycles. The van der Waals surface area contributed by atoms with Gasteiger partial charge in [0.2, 0.25) is 0 Å². The van der Waals surface area contributed by atoms with Crippen LogP contribution in [0.4, 0.5) is 11.6 Å². The van der Waals surface area contributed by atoms with Crippen LogP contribution in [0.3, 0.4) is 0 Å². The van der Waals surface area contributed by atoms with Crippen molar-refractivity contribution in [1.29, 1.82) is 0 Å². The Balaban J connectivity index is 1.57. The first-order valence-corrected chi connectivity index (χ1v) is 7.72. The second kappa shape index (κ2) is 6.12. The third kappa shape index (κ3) is 2.72. The van der Waals surface area contributed by atoms with Crippen molar-refractivity contribution in [1.82, 2.24) is 9.97 Å². The van der Waals surface area contributed by atoms with E-state index < -0.39 is 0 Å². The topological polar surface area (TPSA) is 73.4 Å². The van der Waals surface area contributed by atoms with Gasteiger partial charge in [0.1, 0.15) is 24.5 Å². The molecule has 0 bridgehead atoms. The van der Waals surface area contributed by atoms with Crippen molar-refractivity contribution in [3.8, 4) is 5.75 Å². The fraction of sp³-hybridized carbons (Fsp3) is 0.105. The van der Waals surface area contributed by atoms with Crippen LogP contribution in [0.2, 0.25) is 0 Å². The summed E-state index contributed by atoms with van der Waals surface area (Å²) in [4.78, 5) is 12.6. The van der Waals surface area contributed by atoms with Crippen molar-refractivity contribution in [3.05, 3.63) is 77.6 Å². The number of nitrogen functional groups attached to an aromatic ring is 1. The van der Waals surface area contributed by atoms with Crippen LogP contribution < -0.4 is 10.5 Å². The van der Waals surface area contributed by atoms with E-state index in [2.05, 4.69) is 15.0 Å². The van der Waals surface area contributed by atoms with E-state index in [4.69, 9.17) is 10.5 Å². The molecule has 3 aromatic rings. The molecule has 2 N–H and O–H groups in total. The highest BCUT2D eigenvalue weighted by Gasteiger charge is 2.25. The molecule has 0 amide bonds. The molecule has 1 aliphatic heterocycles. The molecule has 0 radical (unpaired) electrons. The first-order chi connectivity index (χ1) is 11.8. The molecule has 0 fully saturated rings. The number of nitrogens with two attached hydrogens (primary N) is 1. The number of aliphatic imine (C=N–C) groups is 1. The zero-order valence-corrected chi connectivity index (χ0v) is 13.0. The minimum Gasteiger partial charge on any atom is -0.489 e. The zero-order valence-electron chi connectivity index (χ0n) is 13.0. The number of aromatic nitrogens is 2. The van der Waals surface area contributed by atoms with Crippen LogP contribution >= 0.6 is 0 Å². The number of rotatable bonds is 4. The van der Waals surface area contributed by atoms with Crippen molar-refractivity contribution in [3.63, 3.8) is 0 Å². The van der Waals surface area contributed by atoms with Crippen LogP contribution in [0.5, 0.6) is 5.75 Å². The fourth-order valence-corrected chi connectivity index (χ4v) is 2.81. The summed E-state index contributed by atoms with van der Waals surface area (Å²) < 4.78 is 5.90. The Morgan fingerprint density at radius 2 is 1.88 bits per heavy atom. The van der Waals surface area contributed by atoms with Crippen LogP contribution in [0.25, 0.3) is 0 Å². The highest BCUT2D eigenvalue weighted by molar-refractivity contribution is 5.85. The van der Waals surface area contributed by atoms with Crippen molar-refractivity contribution < 1.29 is 4.74 Å². The summed E-state index contributed by atoms with van der Waals surface area (Å²) in [5.41, 5.74) is 9.06. The average molecular weight is 316 g/mol. The molecule has 1 aliphatic rings. The van der Waals surface area contributed by atoms with Gasteiger partial charge in [0.05, 0.1) is 11.5 Å². The van der Waals surface area contributed by atoms with Crippen LogP contribution in [-0.2, 0) is 6.61 Å². The highest BCUT2D eigenvalue weighted by Crippen LogP contribution is 2.38. The summed E-state index contributed by atoms with van der Waals surface area (Å²) in [6.45, 7) is 0.533. The summed E-state index contributed by atoms with van der Waals surface area (Å²) in [7, 11) is 0. The van der Waals surface area contributed by atoms with Crippen LogP contribution in [0, 0.1) is 0 Å². The van der Waals surface area contributed by atoms with E-state index in [9.17, 15) is 0 Å². The molecule has 0 aliphatic carbocycles. The van der Waals surface area contributed by atoms with Crippen molar-refractivity contribution in [2.75, 3.05) is 5.73 Å². The standard InChI is InChI=1S/C19H16N4O/c20-18-17-16(10-21-19(17)23-12-22-18)14-7-4-8-15(9-14)24-11-13-5-2-1-3-6-13/h1-10,12,16H,11H2,(H2,20,22,23). The number of hydrogen-bond donors (Lipinski definition) is 1. The summed E-state index contributed by atoms with van der Waals surface area (Å²) >= 11 is 0. The van der Waals surface area contributed by atoms with Crippen molar-refractivity contribution in [2.24, 2.45) is 4.99 Å². The van der Waals surface area contributed by atoms with Gasteiger partial charge in [0.15, 0.2) is 5.82 Å². The Morgan fingerprint density at radius 3 is 2.75 bits per heavy atom. The third-order valence-electron chi connectivity index (χ3n) is 4.02. The van der Waals surface area contributed by atoms with Gasteiger partial charge in [-0.3, -0.25) is 0 Å². The maximum Gasteiger partial charge on any atom is 0.161 e. The van der Waals surface area contributed by atoms with E-state index >= 15 is 0 Å². The van der Waals surface area contributed by atoms with Gasteiger partial charge in [0, 0.05) is 6.21 Å².